The van der Waals surface area contributed by atoms with Crippen LogP contribution in [0.2, 0.25) is 0 Å². The van der Waals surface area contributed by atoms with Gasteiger partial charge in [-0.1, -0.05) is 18.0 Å². The third-order valence-corrected chi connectivity index (χ3v) is 4.61. The number of nitrogens with two attached hydrogens (primary N) is 1. The molecule has 2 aliphatic rings. The molecule has 18 heavy (non-hydrogen) atoms. The first-order chi connectivity index (χ1) is 8.81. The molecule has 0 aromatic heterocycles. The Labute approximate surface area is 110 Å². The Morgan fingerprint density at radius 2 is 1.94 bits per heavy atom. The molecule has 0 aromatic carbocycles. The minimum absolute atomic E-state index is 0.365. The molecular formula is C14H27N3O. The summed E-state index contributed by atoms with van der Waals surface area (Å²) in [6.45, 7) is 2.48. The number of hydrogen-bond donors (Lipinski definition) is 2. The van der Waals surface area contributed by atoms with Crippen molar-refractivity contribution in [1.29, 1.82) is 0 Å². The van der Waals surface area contributed by atoms with Gasteiger partial charge in [0.1, 0.15) is 5.84 Å². The van der Waals surface area contributed by atoms with Gasteiger partial charge < -0.3 is 15.8 Å². The Morgan fingerprint density at radius 3 is 2.78 bits per heavy atom. The molecule has 0 radical (unpaired) electrons. The minimum atomic E-state index is 0.365. The fourth-order valence-electron chi connectivity index (χ4n) is 3.68. The van der Waals surface area contributed by atoms with Gasteiger partial charge in [0.05, 0.1) is 0 Å². The van der Waals surface area contributed by atoms with E-state index in [2.05, 4.69) is 10.1 Å². The normalized spacial score (nSPS) is 30.1. The van der Waals surface area contributed by atoms with E-state index in [9.17, 15) is 0 Å². The lowest BCUT2D eigenvalue weighted by Gasteiger charge is -2.44. The van der Waals surface area contributed by atoms with E-state index >= 15 is 0 Å². The Balaban J connectivity index is 1.71. The molecule has 1 saturated heterocycles. The Kier molecular flexibility index (Phi) is 5.29. The summed E-state index contributed by atoms with van der Waals surface area (Å²) in [5.41, 5.74) is 5.48. The van der Waals surface area contributed by atoms with Crippen LogP contribution in [-0.4, -0.2) is 35.1 Å². The van der Waals surface area contributed by atoms with Crippen LogP contribution in [0.15, 0.2) is 5.16 Å². The number of rotatable bonds is 5. The SMILES string of the molecule is NC(CCCCN1CCC[C@H]2CCCC[C@H]21)=NO. The van der Waals surface area contributed by atoms with Crippen molar-refractivity contribution < 1.29 is 5.21 Å². The van der Waals surface area contributed by atoms with E-state index in [4.69, 9.17) is 10.9 Å². The maximum absolute atomic E-state index is 8.49. The van der Waals surface area contributed by atoms with Crippen LogP contribution in [0.4, 0.5) is 0 Å². The second kappa shape index (κ2) is 6.98. The fourth-order valence-corrected chi connectivity index (χ4v) is 3.68. The van der Waals surface area contributed by atoms with Gasteiger partial charge in [0.2, 0.25) is 0 Å². The zero-order chi connectivity index (χ0) is 12.8. The van der Waals surface area contributed by atoms with E-state index in [1.165, 1.54) is 58.0 Å². The lowest BCUT2D eigenvalue weighted by atomic mass is 9.78. The Bertz CT molecular complexity index is 278. The molecule has 1 heterocycles. The molecule has 1 aliphatic heterocycles. The van der Waals surface area contributed by atoms with Crippen molar-refractivity contribution in [3.63, 3.8) is 0 Å². The van der Waals surface area contributed by atoms with Crippen molar-refractivity contribution in [2.45, 2.75) is 63.8 Å². The first-order valence-electron chi connectivity index (χ1n) is 7.51. The third-order valence-electron chi connectivity index (χ3n) is 4.61. The Morgan fingerprint density at radius 1 is 1.17 bits per heavy atom. The van der Waals surface area contributed by atoms with Gasteiger partial charge in [-0.25, -0.2) is 0 Å². The van der Waals surface area contributed by atoms with Crippen LogP contribution in [0.5, 0.6) is 0 Å². The summed E-state index contributed by atoms with van der Waals surface area (Å²) in [4.78, 5) is 2.71. The van der Waals surface area contributed by atoms with Gasteiger partial charge in [0.25, 0.3) is 0 Å². The lowest BCUT2D eigenvalue weighted by Crippen LogP contribution is -2.47. The average molecular weight is 253 g/mol. The predicted octanol–water partition coefficient (Wildman–Crippen LogP) is 2.56. The second-order valence-corrected chi connectivity index (χ2v) is 5.84. The quantitative estimate of drug-likeness (QED) is 0.260. The highest BCUT2D eigenvalue weighted by Gasteiger charge is 2.32. The van der Waals surface area contributed by atoms with Gasteiger partial charge in [0, 0.05) is 12.5 Å². The van der Waals surface area contributed by atoms with Gasteiger partial charge in [0.15, 0.2) is 0 Å². The molecule has 1 aliphatic carbocycles. The molecule has 104 valence electrons. The summed E-state index contributed by atoms with van der Waals surface area (Å²) in [6, 6.07) is 0.858. The van der Waals surface area contributed by atoms with Crippen LogP contribution in [0.25, 0.3) is 0 Å². The summed E-state index contributed by atoms with van der Waals surface area (Å²) >= 11 is 0. The minimum Gasteiger partial charge on any atom is -0.409 e. The van der Waals surface area contributed by atoms with Gasteiger partial charge >= 0.3 is 0 Å². The number of nitrogens with zero attached hydrogens (tertiary/aromatic N) is 2. The highest BCUT2D eigenvalue weighted by Crippen LogP contribution is 2.35. The molecule has 0 aromatic rings. The van der Waals surface area contributed by atoms with Gasteiger partial charge in [-0.05, 0) is 57.5 Å². The van der Waals surface area contributed by atoms with Crippen molar-refractivity contribution >= 4 is 5.84 Å². The standard InChI is InChI=1S/C14H27N3O/c15-14(16-18)9-3-4-10-17-11-5-7-12-6-1-2-8-13(12)17/h12-13,18H,1-11H2,(H2,15,16)/t12-,13-/m1/s1. The average Bonchev–Trinajstić information content (AvgIpc) is 2.43. The van der Waals surface area contributed by atoms with E-state index < -0.39 is 0 Å². The monoisotopic (exact) mass is 253 g/mol. The van der Waals surface area contributed by atoms with Crippen LogP contribution in [0.3, 0.4) is 0 Å². The fraction of sp³-hybridized carbons (Fsp3) is 0.929. The molecule has 4 heteroatoms. The zero-order valence-corrected chi connectivity index (χ0v) is 11.4. The summed E-state index contributed by atoms with van der Waals surface area (Å²) in [5, 5.41) is 11.5. The lowest BCUT2D eigenvalue weighted by molar-refractivity contribution is 0.0598. The maximum Gasteiger partial charge on any atom is 0.139 e. The smallest absolute Gasteiger partial charge is 0.139 e. The molecule has 2 atom stereocenters. The van der Waals surface area contributed by atoms with Crippen molar-refractivity contribution in [2.75, 3.05) is 13.1 Å². The Hall–Kier alpha value is -0.770. The zero-order valence-electron chi connectivity index (χ0n) is 11.4. The first kappa shape index (κ1) is 13.7. The molecule has 2 fully saturated rings. The summed E-state index contributed by atoms with van der Waals surface area (Å²) in [6.07, 6.45) is 11.5. The predicted molar refractivity (Wildman–Crippen MR) is 73.8 cm³/mol. The number of unbranched alkanes of at least 4 members (excludes halogenated alkanes) is 1. The molecule has 0 amide bonds. The second-order valence-electron chi connectivity index (χ2n) is 5.84. The van der Waals surface area contributed by atoms with Crippen LogP contribution in [0.1, 0.15) is 57.8 Å². The molecule has 2 rings (SSSR count). The largest absolute Gasteiger partial charge is 0.409 e. The number of amidine groups is 1. The van der Waals surface area contributed by atoms with Gasteiger partial charge in [-0.15, -0.1) is 0 Å². The molecular weight excluding hydrogens is 226 g/mol. The summed E-state index contributed by atoms with van der Waals surface area (Å²) in [7, 11) is 0. The summed E-state index contributed by atoms with van der Waals surface area (Å²) in [5.74, 6) is 1.33. The van der Waals surface area contributed by atoms with Crippen molar-refractivity contribution in [3.8, 4) is 0 Å². The highest BCUT2D eigenvalue weighted by atomic mass is 16.4. The van der Waals surface area contributed by atoms with E-state index in [0.29, 0.717) is 5.84 Å². The van der Waals surface area contributed by atoms with E-state index in [1.54, 1.807) is 0 Å². The van der Waals surface area contributed by atoms with Crippen LogP contribution < -0.4 is 5.73 Å². The molecule has 1 saturated carbocycles. The van der Waals surface area contributed by atoms with Crippen molar-refractivity contribution in [1.82, 2.24) is 4.90 Å². The van der Waals surface area contributed by atoms with E-state index in [-0.39, 0.29) is 0 Å². The number of hydrogen-bond acceptors (Lipinski definition) is 3. The van der Waals surface area contributed by atoms with E-state index in [1.807, 2.05) is 0 Å². The summed E-state index contributed by atoms with van der Waals surface area (Å²) < 4.78 is 0. The topological polar surface area (TPSA) is 61.8 Å². The molecule has 4 nitrogen and oxygen atoms in total. The van der Waals surface area contributed by atoms with Crippen LogP contribution in [0, 0.1) is 5.92 Å². The highest BCUT2D eigenvalue weighted by molar-refractivity contribution is 5.79. The molecule has 0 unspecified atom stereocenters. The maximum atomic E-state index is 8.49. The van der Waals surface area contributed by atoms with Crippen LogP contribution in [-0.2, 0) is 0 Å². The van der Waals surface area contributed by atoms with Gasteiger partial charge in [-0.3, -0.25) is 0 Å². The van der Waals surface area contributed by atoms with Crippen molar-refractivity contribution in [2.24, 2.45) is 16.8 Å². The van der Waals surface area contributed by atoms with Gasteiger partial charge in [-0.2, -0.15) is 0 Å². The van der Waals surface area contributed by atoms with E-state index in [0.717, 1.165) is 24.8 Å². The third kappa shape index (κ3) is 3.61. The molecule has 0 spiro atoms. The number of likely N-dealkylation sites (tertiary alicyclic amines) is 1. The first-order valence-corrected chi connectivity index (χ1v) is 7.51. The number of fused-ring (bicyclic) bond motifs is 1. The number of piperidine rings is 1. The van der Waals surface area contributed by atoms with Crippen molar-refractivity contribution in [3.05, 3.63) is 0 Å². The number of oxime groups is 1. The van der Waals surface area contributed by atoms with Crippen LogP contribution >= 0.6 is 0 Å². The molecule has 0 bridgehead atoms. The molecule has 3 N–H and O–H groups in total.